The first kappa shape index (κ1) is 13.8. The van der Waals surface area contributed by atoms with E-state index in [1.54, 1.807) is 18.4 Å². The van der Waals surface area contributed by atoms with E-state index in [2.05, 4.69) is 4.90 Å². The number of fused-ring (bicyclic) bond motifs is 1. The number of anilines is 1. The van der Waals surface area contributed by atoms with Gasteiger partial charge in [0.2, 0.25) is 0 Å². The average Bonchev–Trinajstić information content (AvgIpc) is 3.23. The first-order chi connectivity index (χ1) is 10.8. The van der Waals surface area contributed by atoms with Crippen LogP contribution in [0, 0.1) is 0 Å². The van der Waals surface area contributed by atoms with Crippen molar-refractivity contribution in [2.75, 3.05) is 31.1 Å². The normalized spacial score (nSPS) is 18.4. The summed E-state index contributed by atoms with van der Waals surface area (Å²) < 4.78 is 5.20. The van der Waals surface area contributed by atoms with Gasteiger partial charge < -0.3 is 14.2 Å². The van der Waals surface area contributed by atoms with E-state index in [0.717, 1.165) is 37.7 Å². The zero-order valence-corrected chi connectivity index (χ0v) is 13.3. The molecule has 0 bridgehead atoms. The van der Waals surface area contributed by atoms with E-state index in [4.69, 9.17) is 9.40 Å². The molecule has 4 rings (SSSR count). The lowest BCUT2D eigenvalue weighted by Crippen LogP contribution is -2.48. The molecule has 1 fully saturated rings. The Bertz CT molecular complexity index is 633. The number of rotatable bonds is 2. The van der Waals surface area contributed by atoms with Crippen molar-refractivity contribution in [3.05, 3.63) is 34.7 Å². The molecule has 0 saturated carbocycles. The van der Waals surface area contributed by atoms with Crippen molar-refractivity contribution in [2.45, 2.75) is 25.7 Å². The lowest BCUT2D eigenvalue weighted by Gasteiger charge is -2.34. The summed E-state index contributed by atoms with van der Waals surface area (Å²) in [7, 11) is 0. The molecule has 2 aromatic rings. The zero-order valence-electron chi connectivity index (χ0n) is 12.5. The maximum Gasteiger partial charge on any atom is 0.289 e. The molecule has 2 aliphatic rings. The van der Waals surface area contributed by atoms with Crippen molar-refractivity contribution in [3.63, 3.8) is 0 Å². The van der Waals surface area contributed by atoms with Crippen molar-refractivity contribution in [1.29, 1.82) is 0 Å². The summed E-state index contributed by atoms with van der Waals surface area (Å²) in [5, 5.41) is 1.14. The Labute approximate surface area is 133 Å². The number of carbonyl (C=O) groups excluding carboxylic acids is 1. The molecule has 0 aromatic carbocycles. The average molecular weight is 317 g/mol. The van der Waals surface area contributed by atoms with Crippen LogP contribution in [0.5, 0.6) is 0 Å². The van der Waals surface area contributed by atoms with Gasteiger partial charge in [-0.1, -0.05) is 0 Å². The highest BCUT2D eigenvalue weighted by Gasteiger charge is 2.26. The lowest BCUT2D eigenvalue weighted by molar-refractivity contribution is 0.0714. The predicted octanol–water partition coefficient (Wildman–Crippen LogP) is 2.58. The first-order valence-corrected chi connectivity index (χ1v) is 8.69. The minimum Gasteiger partial charge on any atom is -0.459 e. The summed E-state index contributed by atoms with van der Waals surface area (Å²) in [4.78, 5) is 22.7. The van der Waals surface area contributed by atoms with E-state index in [-0.39, 0.29) is 5.91 Å². The van der Waals surface area contributed by atoms with E-state index in [9.17, 15) is 4.79 Å². The number of carbonyl (C=O) groups is 1. The Kier molecular flexibility index (Phi) is 3.62. The molecule has 116 valence electrons. The number of hydrogen-bond acceptors (Lipinski definition) is 5. The van der Waals surface area contributed by atoms with Gasteiger partial charge in [0.25, 0.3) is 5.91 Å². The zero-order chi connectivity index (χ0) is 14.9. The van der Waals surface area contributed by atoms with E-state index in [0.29, 0.717) is 5.76 Å². The molecule has 1 aliphatic heterocycles. The number of furan rings is 1. The van der Waals surface area contributed by atoms with Gasteiger partial charge >= 0.3 is 0 Å². The molecule has 22 heavy (non-hydrogen) atoms. The molecular weight excluding hydrogens is 298 g/mol. The number of aromatic nitrogens is 1. The molecule has 0 spiro atoms. The molecule has 1 aliphatic carbocycles. The Morgan fingerprint density at radius 3 is 2.73 bits per heavy atom. The maximum absolute atomic E-state index is 12.3. The molecule has 0 atom stereocenters. The topological polar surface area (TPSA) is 49.6 Å². The number of thiazole rings is 1. The highest BCUT2D eigenvalue weighted by molar-refractivity contribution is 7.15. The van der Waals surface area contributed by atoms with E-state index < -0.39 is 0 Å². The fourth-order valence-electron chi connectivity index (χ4n) is 3.13. The third kappa shape index (κ3) is 2.52. The Balaban J connectivity index is 1.41. The highest BCUT2D eigenvalue weighted by atomic mass is 32.1. The van der Waals surface area contributed by atoms with Gasteiger partial charge in [-0.3, -0.25) is 4.79 Å². The van der Waals surface area contributed by atoms with Crippen LogP contribution in [0.3, 0.4) is 0 Å². The van der Waals surface area contributed by atoms with Crippen molar-refractivity contribution >= 4 is 22.4 Å². The molecule has 5 nitrogen and oxygen atoms in total. The largest absolute Gasteiger partial charge is 0.459 e. The number of amides is 1. The van der Waals surface area contributed by atoms with E-state index in [1.807, 2.05) is 16.2 Å². The molecular formula is C16H19N3O2S. The third-order valence-corrected chi connectivity index (χ3v) is 5.62. The quantitative estimate of drug-likeness (QED) is 0.854. The summed E-state index contributed by atoms with van der Waals surface area (Å²) >= 11 is 1.84. The van der Waals surface area contributed by atoms with Gasteiger partial charge in [0.1, 0.15) is 0 Å². The molecule has 6 heteroatoms. The third-order valence-electron chi connectivity index (χ3n) is 4.40. The standard InChI is InChI=1S/C16H19N3O2S/c20-15(13-5-3-11-21-13)18-7-9-19(10-8-18)16-17-12-4-1-2-6-14(12)22-16/h3,5,11H,1-2,4,6-10H2. The summed E-state index contributed by atoms with van der Waals surface area (Å²) in [5.74, 6) is 0.418. The SMILES string of the molecule is O=C(c1ccco1)N1CCN(c2nc3c(s2)CCCC3)CC1. The van der Waals surface area contributed by atoms with Crippen LogP contribution in [0.25, 0.3) is 0 Å². The van der Waals surface area contributed by atoms with Crippen molar-refractivity contribution in [2.24, 2.45) is 0 Å². The minimum absolute atomic E-state index is 0.0110. The van der Waals surface area contributed by atoms with Crippen LogP contribution in [-0.2, 0) is 12.8 Å². The molecule has 1 saturated heterocycles. The smallest absolute Gasteiger partial charge is 0.289 e. The Hall–Kier alpha value is -1.82. The summed E-state index contributed by atoms with van der Waals surface area (Å²) in [6.45, 7) is 3.14. The van der Waals surface area contributed by atoms with Crippen LogP contribution in [-0.4, -0.2) is 42.0 Å². The van der Waals surface area contributed by atoms with Crippen LogP contribution >= 0.6 is 11.3 Å². The van der Waals surface area contributed by atoms with Gasteiger partial charge in [-0.25, -0.2) is 4.98 Å². The molecule has 0 unspecified atom stereocenters. The van der Waals surface area contributed by atoms with Crippen molar-refractivity contribution in [1.82, 2.24) is 9.88 Å². The predicted molar refractivity (Wildman–Crippen MR) is 85.6 cm³/mol. The second-order valence-electron chi connectivity index (χ2n) is 5.83. The molecule has 3 heterocycles. The van der Waals surface area contributed by atoms with Crippen LogP contribution < -0.4 is 4.90 Å². The first-order valence-electron chi connectivity index (χ1n) is 7.87. The molecule has 0 N–H and O–H groups in total. The fraction of sp³-hybridized carbons (Fsp3) is 0.500. The van der Waals surface area contributed by atoms with E-state index in [1.165, 1.54) is 29.8 Å². The molecule has 0 radical (unpaired) electrons. The van der Waals surface area contributed by atoms with Gasteiger partial charge in [-0.15, -0.1) is 11.3 Å². The minimum atomic E-state index is -0.0110. The van der Waals surface area contributed by atoms with Crippen molar-refractivity contribution < 1.29 is 9.21 Å². The fourth-order valence-corrected chi connectivity index (χ4v) is 4.33. The van der Waals surface area contributed by atoms with Crippen molar-refractivity contribution in [3.8, 4) is 0 Å². The van der Waals surface area contributed by atoms with Crippen LogP contribution in [0.15, 0.2) is 22.8 Å². The number of nitrogens with zero attached hydrogens (tertiary/aromatic N) is 3. The van der Waals surface area contributed by atoms with Gasteiger partial charge in [-0.05, 0) is 37.8 Å². The monoisotopic (exact) mass is 317 g/mol. The van der Waals surface area contributed by atoms with Gasteiger partial charge in [0.15, 0.2) is 10.9 Å². The number of piperazine rings is 1. The molecule has 1 amide bonds. The second kappa shape index (κ2) is 5.76. The van der Waals surface area contributed by atoms with Crippen LogP contribution in [0.1, 0.15) is 34.0 Å². The van der Waals surface area contributed by atoms with Crippen LogP contribution in [0.4, 0.5) is 5.13 Å². The Morgan fingerprint density at radius 2 is 2.00 bits per heavy atom. The summed E-state index contributed by atoms with van der Waals surface area (Å²) in [6.07, 6.45) is 6.41. The number of aryl methyl sites for hydroxylation is 2. The summed E-state index contributed by atoms with van der Waals surface area (Å²) in [6, 6.07) is 3.48. The molecule has 2 aromatic heterocycles. The number of hydrogen-bond donors (Lipinski definition) is 0. The maximum atomic E-state index is 12.3. The van der Waals surface area contributed by atoms with Gasteiger partial charge in [0.05, 0.1) is 12.0 Å². The van der Waals surface area contributed by atoms with E-state index >= 15 is 0 Å². The second-order valence-corrected chi connectivity index (χ2v) is 6.89. The summed E-state index contributed by atoms with van der Waals surface area (Å²) in [5.41, 5.74) is 1.31. The highest BCUT2D eigenvalue weighted by Crippen LogP contribution is 2.32. The lowest BCUT2D eigenvalue weighted by atomic mass is 10.0. The Morgan fingerprint density at radius 1 is 1.18 bits per heavy atom. The van der Waals surface area contributed by atoms with Gasteiger partial charge in [0, 0.05) is 31.1 Å². The van der Waals surface area contributed by atoms with Crippen LogP contribution in [0.2, 0.25) is 0 Å². The van der Waals surface area contributed by atoms with Gasteiger partial charge in [-0.2, -0.15) is 0 Å².